The van der Waals surface area contributed by atoms with Crippen molar-refractivity contribution < 1.29 is 23.4 Å². The largest absolute Gasteiger partial charge is 0.493 e. The molecule has 0 aliphatic carbocycles. The van der Waals surface area contributed by atoms with Crippen molar-refractivity contribution in [2.75, 3.05) is 21.3 Å². The lowest BCUT2D eigenvalue weighted by molar-refractivity contribution is 0.0600. The monoisotopic (exact) mass is 262 g/mol. The number of rotatable bonds is 4. The first-order valence-corrected chi connectivity index (χ1v) is 5.59. The summed E-state index contributed by atoms with van der Waals surface area (Å²) in [4.78, 5) is 11.7. The Hall–Kier alpha value is -2.43. The van der Waals surface area contributed by atoms with Crippen molar-refractivity contribution in [3.8, 4) is 22.8 Å². The lowest BCUT2D eigenvalue weighted by atomic mass is 10.1. The van der Waals surface area contributed by atoms with E-state index in [1.165, 1.54) is 21.3 Å². The van der Waals surface area contributed by atoms with Crippen LogP contribution in [0.25, 0.3) is 11.3 Å². The zero-order chi connectivity index (χ0) is 13.8. The molecule has 5 heteroatoms. The molecule has 0 radical (unpaired) electrons. The van der Waals surface area contributed by atoms with E-state index in [1.54, 1.807) is 30.5 Å². The average molecular weight is 262 g/mol. The van der Waals surface area contributed by atoms with Crippen molar-refractivity contribution in [1.82, 2.24) is 0 Å². The molecule has 0 atom stereocenters. The zero-order valence-corrected chi connectivity index (χ0v) is 10.9. The highest BCUT2D eigenvalue weighted by atomic mass is 16.5. The molecule has 0 aliphatic rings. The summed E-state index contributed by atoms with van der Waals surface area (Å²) >= 11 is 0. The summed E-state index contributed by atoms with van der Waals surface area (Å²) in [5.41, 5.74) is 0.999. The predicted octanol–water partition coefficient (Wildman–Crippen LogP) is 2.75. The standard InChI is InChI=1S/C14H14O5/c1-16-12-8-9(14(15)18-3)7-10(13(12)17-2)11-5-4-6-19-11/h4-8H,1-3H3. The minimum atomic E-state index is -0.450. The molecule has 0 saturated carbocycles. The summed E-state index contributed by atoms with van der Waals surface area (Å²) in [5, 5.41) is 0. The maximum absolute atomic E-state index is 11.7. The van der Waals surface area contributed by atoms with Crippen molar-refractivity contribution >= 4 is 5.97 Å². The van der Waals surface area contributed by atoms with Gasteiger partial charge in [-0.15, -0.1) is 0 Å². The molecule has 0 spiro atoms. The van der Waals surface area contributed by atoms with E-state index in [0.29, 0.717) is 28.4 Å². The molecular formula is C14H14O5. The second-order valence-corrected chi connectivity index (χ2v) is 3.73. The van der Waals surface area contributed by atoms with Crippen molar-refractivity contribution in [2.24, 2.45) is 0 Å². The van der Waals surface area contributed by atoms with E-state index in [9.17, 15) is 4.79 Å². The van der Waals surface area contributed by atoms with Gasteiger partial charge < -0.3 is 18.6 Å². The number of methoxy groups -OCH3 is 3. The van der Waals surface area contributed by atoms with Crippen molar-refractivity contribution in [3.05, 3.63) is 36.1 Å². The van der Waals surface area contributed by atoms with Crippen LogP contribution in [0.4, 0.5) is 0 Å². The highest BCUT2D eigenvalue weighted by Crippen LogP contribution is 2.39. The fourth-order valence-electron chi connectivity index (χ4n) is 1.81. The third-order valence-electron chi connectivity index (χ3n) is 2.69. The molecule has 0 bridgehead atoms. The molecule has 2 aromatic rings. The molecule has 0 aliphatic heterocycles. The average Bonchev–Trinajstić information content (AvgIpc) is 2.98. The first kappa shape index (κ1) is 13.0. The Morgan fingerprint density at radius 3 is 2.47 bits per heavy atom. The van der Waals surface area contributed by atoms with E-state index in [0.717, 1.165) is 0 Å². The minimum absolute atomic E-state index is 0.367. The Bertz CT molecular complexity index is 572. The van der Waals surface area contributed by atoms with Crippen LogP contribution in [0.15, 0.2) is 34.9 Å². The summed E-state index contributed by atoms with van der Waals surface area (Å²) in [7, 11) is 4.36. The van der Waals surface area contributed by atoms with Gasteiger partial charge in [-0.25, -0.2) is 4.79 Å². The predicted molar refractivity (Wildman–Crippen MR) is 68.6 cm³/mol. The molecule has 5 nitrogen and oxygen atoms in total. The topological polar surface area (TPSA) is 57.9 Å². The molecule has 0 fully saturated rings. The van der Waals surface area contributed by atoms with E-state index in [2.05, 4.69) is 0 Å². The van der Waals surface area contributed by atoms with Gasteiger partial charge in [-0.05, 0) is 24.3 Å². The number of hydrogen-bond donors (Lipinski definition) is 0. The summed E-state index contributed by atoms with van der Waals surface area (Å²) in [6.07, 6.45) is 1.55. The molecule has 100 valence electrons. The number of esters is 1. The van der Waals surface area contributed by atoms with E-state index in [-0.39, 0.29) is 0 Å². The zero-order valence-electron chi connectivity index (χ0n) is 10.9. The molecule has 19 heavy (non-hydrogen) atoms. The van der Waals surface area contributed by atoms with Crippen LogP contribution in [0.5, 0.6) is 11.5 Å². The molecule has 2 rings (SSSR count). The maximum atomic E-state index is 11.7. The van der Waals surface area contributed by atoms with Gasteiger partial charge in [0.2, 0.25) is 0 Å². The van der Waals surface area contributed by atoms with Gasteiger partial charge in [0.1, 0.15) is 5.76 Å². The molecule has 1 aromatic heterocycles. The number of furan rings is 1. The fraction of sp³-hybridized carbons (Fsp3) is 0.214. The van der Waals surface area contributed by atoms with E-state index in [4.69, 9.17) is 18.6 Å². The van der Waals surface area contributed by atoms with Gasteiger partial charge in [0.25, 0.3) is 0 Å². The maximum Gasteiger partial charge on any atom is 0.338 e. The molecule has 0 amide bonds. The van der Waals surface area contributed by atoms with Crippen LogP contribution in [0.2, 0.25) is 0 Å². The first-order chi connectivity index (χ1) is 9.21. The molecule has 0 unspecified atom stereocenters. The number of hydrogen-bond acceptors (Lipinski definition) is 5. The van der Waals surface area contributed by atoms with Crippen LogP contribution in [0.1, 0.15) is 10.4 Å². The van der Waals surface area contributed by atoms with Gasteiger partial charge >= 0.3 is 5.97 Å². The molecule has 0 N–H and O–H groups in total. The third kappa shape index (κ3) is 2.40. The summed E-state index contributed by atoms with van der Waals surface area (Å²) in [6.45, 7) is 0. The highest BCUT2D eigenvalue weighted by molar-refractivity contribution is 5.92. The Kier molecular flexibility index (Phi) is 3.75. The quantitative estimate of drug-likeness (QED) is 0.793. The van der Waals surface area contributed by atoms with Gasteiger partial charge in [0, 0.05) is 0 Å². The van der Waals surface area contributed by atoms with Crippen LogP contribution in [-0.4, -0.2) is 27.3 Å². The smallest absolute Gasteiger partial charge is 0.338 e. The lowest BCUT2D eigenvalue weighted by Crippen LogP contribution is -2.03. The van der Waals surface area contributed by atoms with E-state index >= 15 is 0 Å². The normalized spacial score (nSPS) is 10.1. The molecule has 1 aromatic carbocycles. The van der Waals surface area contributed by atoms with Crippen LogP contribution in [-0.2, 0) is 4.74 Å². The summed E-state index contributed by atoms with van der Waals surface area (Å²) < 4.78 is 20.6. The number of carbonyl (C=O) groups is 1. The van der Waals surface area contributed by atoms with Crippen LogP contribution in [0.3, 0.4) is 0 Å². The van der Waals surface area contributed by atoms with Gasteiger partial charge in [-0.1, -0.05) is 0 Å². The second-order valence-electron chi connectivity index (χ2n) is 3.73. The molecule has 1 heterocycles. The number of benzene rings is 1. The van der Waals surface area contributed by atoms with Gasteiger partial charge in [-0.3, -0.25) is 0 Å². The summed E-state index contributed by atoms with van der Waals surface area (Å²) in [6, 6.07) is 6.74. The molecule has 0 saturated heterocycles. The van der Waals surface area contributed by atoms with Crippen LogP contribution >= 0.6 is 0 Å². The van der Waals surface area contributed by atoms with Crippen molar-refractivity contribution in [2.45, 2.75) is 0 Å². The third-order valence-corrected chi connectivity index (χ3v) is 2.69. The Morgan fingerprint density at radius 1 is 1.16 bits per heavy atom. The molecular weight excluding hydrogens is 248 g/mol. The fourth-order valence-corrected chi connectivity index (χ4v) is 1.81. The number of carbonyl (C=O) groups excluding carboxylic acids is 1. The van der Waals surface area contributed by atoms with Crippen molar-refractivity contribution in [3.63, 3.8) is 0 Å². The Labute approximate surface area is 110 Å². The van der Waals surface area contributed by atoms with E-state index in [1.807, 2.05) is 0 Å². The summed E-state index contributed by atoms with van der Waals surface area (Å²) in [5.74, 6) is 1.08. The lowest BCUT2D eigenvalue weighted by Gasteiger charge is -2.13. The SMILES string of the molecule is COC(=O)c1cc(OC)c(OC)c(-c2ccco2)c1. The van der Waals surface area contributed by atoms with Crippen LogP contribution < -0.4 is 9.47 Å². The highest BCUT2D eigenvalue weighted by Gasteiger charge is 2.19. The van der Waals surface area contributed by atoms with Gasteiger partial charge in [0.15, 0.2) is 11.5 Å². The first-order valence-electron chi connectivity index (χ1n) is 5.59. The Morgan fingerprint density at radius 2 is 1.95 bits per heavy atom. The van der Waals surface area contributed by atoms with Crippen molar-refractivity contribution in [1.29, 1.82) is 0 Å². The second kappa shape index (κ2) is 5.48. The Balaban J connectivity index is 2.65. The van der Waals surface area contributed by atoms with Gasteiger partial charge in [0.05, 0.1) is 38.7 Å². The van der Waals surface area contributed by atoms with E-state index < -0.39 is 5.97 Å². The minimum Gasteiger partial charge on any atom is -0.493 e. The van der Waals surface area contributed by atoms with Gasteiger partial charge in [-0.2, -0.15) is 0 Å². The number of ether oxygens (including phenoxy) is 3. The van der Waals surface area contributed by atoms with Crippen LogP contribution in [0, 0.1) is 0 Å².